The van der Waals surface area contributed by atoms with Crippen LogP contribution in [-0.2, 0) is 5.41 Å². The molecular weight excluding hydrogens is 919 g/mol. The van der Waals surface area contributed by atoms with Crippen LogP contribution in [0.1, 0.15) is 55.6 Å². The normalized spacial score (nSPS) is 12.4. The van der Waals surface area contributed by atoms with E-state index < -0.39 is 5.41 Å². The van der Waals surface area contributed by atoms with E-state index in [1.54, 1.807) is 0 Å². The summed E-state index contributed by atoms with van der Waals surface area (Å²) in [6.07, 6.45) is 0. The second-order valence-electron chi connectivity index (χ2n) is 20.5. The molecular formula is C73H61N3. The third kappa shape index (κ3) is 8.44. The number of anilines is 9. The average molecular weight is 980 g/mol. The molecule has 12 rings (SSSR count). The fraction of sp³-hybridized carbons (Fsp3) is 0.0959. The zero-order valence-electron chi connectivity index (χ0n) is 44.2. The molecule has 0 N–H and O–H groups in total. The molecule has 0 saturated heterocycles. The minimum Gasteiger partial charge on any atom is -0.310 e. The van der Waals surface area contributed by atoms with Gasteiger partial charge in [-0.25, -0.2) is 0 Å². The Balaban J connectivity index is 1.05. The lowest BCUT2D eigenvalue weighted by atomic mass is 9.62. The van der Waals surface area contributed by atoms with Gasteiger partial charge in [0.1, 0.15) is 0 Å². The van der Waals surface area contributed by atoms with Crippen molar-refractivity contribution in [3.8, 4) is 22.3 Å². The van der Waals surface area contributed by atoms with E-state index in [9.17, 15) is 0 Å². The molecule has 0 unspecified atom stereocenters. The van der Waals surface area contributed by atoms with Crippen molar-refractivity contribution < 1.29 is 0 Å². The van der Waals surface area contributed by atoms with E-state index in [0.717, 1.165) is 39.8 Å². The molecule has 11 aromatic rings. The third-order valence-corrected chi connectivity index (χ3v) is 15.4. The van der Waals surface area contributed by atoms with Crippen LogP contribution < -0.4 is 14.7 Å². The molecule has 0 aromatic heterocycles. The van der Waals surface area contributed by atoms with Crippen LogP contribution in [0.4, 0.5) is 51.2 Å². The van der Waals surface area contributed by atoms with Gasteiger partial charge in [0, 0.05) is 28.4 Å². The van der Waals surface area contributed by atoms with Gasteiger partial charge in [-0.15, -0.1) is 0 Å². The molecule has 0 radical (unpaired) electrons. The fourth-order valence-corrected chi connectivity index (χ4v) is 12.3. The van der Waals surface area contributed by atoms with Crippen molar-refractivity contribution in [3.05, 3.63) is 316 Å². The number of hydrogen-bond donors (Lipinski definition) is 0. The van der Waals surface area contributed by atoms with Gasteiger partial charge in [0.2, 0.25) is 0 Å². The monoisotopic (exact) mass is 979 g/mol. The minimum atomic E-state index is -0.717. The van der Waals surface area contributed by atoms with Crippen molar-refractivity contribution in [1.29, 1.82) is 0 Å². The van der Waals surface area contributed by atoms with Gasteiger partial charge in [-0.3, -0.25) is 0 Å². The van der Waals surface area contributed by atoms with Gasteiger partial charge in [0.25, 0.3) is 0 Å². The summed E-state index contributed by atoms with van der Waals surface area (Å²) in [4.78, 5) is 7.33. The van der Waals surface area contributed by atoms with E-state index in [2.05, 4.69) is 317 Å². The Hall–Kier alpha value is -9.18. The Morgan fingerprint density at radius 1 is 0.289 bits per heavy atom. The highest BCUT2D eigenvalue weighted by molar-refractivity contribution is 5.91. The molecule has 11 aromatic carbocycles. The van der Waals surface area contributed by atoms with Crippen LogP contribution in [0, 0.1) is 41.5 Å². The first kappa shape index (κ1) is 47.8. The van der Waals surface area contributed by atoms with Gasteiger partial charge in [-0.1, -0.05) is 199 Å². The SMILES string of the molecule is Cc1cc(C)c(N(c2ccc(-c3ccccc3)cc2)c2ccc(C3(c4ccc(N(c5ccc(-c6ccccc6)cc5)c5c(C)cc(C)cc5C)cc4)c4ccccc4N(c4ccccc4)c4ccccc43)cc2)c(C)c1. The Kier molecular flexibility index (Phi) is 12.5. The number of hydrogen-bond acceptors (Lipinski definition) is 3. The number of aryl methyl sites for hydroxylation is 6. The number of nitrogens with zero attached hydrogens (tertiary/aromatic N) is 3. The quantitative estimate of drug-likeness (QED) is 0.128. The highest BCUT2D eigenvalue weighted by Gasteiger charge is 2.46. The molecule has 0 saturated carbocycles. The molecule has 368 valence electrons. The molecule has 0 atom stereocenters. The topological polar surface area (TPSA) is 9.72 Å². The van der Waals surface area contributed by atoms with Crippen LogP contribution in [0.15, 0.2) is 261 Å². The third-order valence-electron chi connectivity index (χ3n) is 15.4. The van der Waals surface area contributed by atoms with Crippen molar-refractivity contribution in [2.24, 2.45) is 0 Å². The average Bonchev–Trinajstić information content (AvgIpc) is 3.47. The van der Waals surface area contributed by atoms with Crippen molar-refractivity contribution in [2.45, 2.75) is 47.0 Å². The number of rotatable bonds is 11. The molecule has 0 bridgehead atoms. The molecule has 1 heterocycles. The second-order valence-corrected chi connectivity index (χ2v) is 20.5. The number of fused-ring (bicyclic) bond motifs is 2. The highest BCUT2D eigenvalue weighted by atomic mass is 15.2. The van der Waals surface area contributed by atoms with E-state index in [-0.39, 0.29) is 0 Å². The van der Waals surface area contributed by atoms with Gasteiger partial charge in [-0.2, -0.15) is 0 Å². The summed E-state index contributed by atoms with van der Waals surface area (Å²) in [5, 5.41) is 0. The molecule has 1 aliphatic heterocycles. The van der Waals surface area contributed by atoms with Crippen molar-refractivity contribution in [3.63, 3.8) is 0 Å². The maximum Gasteiger partial charge on any atom is 0.0742 e. The highest BCUT2D eigenvalue weighted by Crippen LogP contribution is 2.58. The fourth-order valence-electron chi connectivity index (χ4n) is 12.3. The van der Waals surface area contributed by atoms with Gasteiger partial charge in [0.15, 0.2) is 0 Å². The predicted molar refractivity (Wildman–Crippen MR) is 322 cm³/mol. The standard InChI is InChI=1S/C73H61N3/c1-50-46-52(3)71(53(4)47-50)74(63-38-30-58(31-39-63)56-20-10-7-11-21-56)65-42-34-60(35-43-65)73(67-26-16-18-28-69(67)76(62-24-14-9-15-25-62)70-29-19-17-27-68(70)73)61-36-44-66(45-37-61)75(72-54(5)48-51(2)49-55(72)6)64-40-32-59(33-41-64)57-22-12-8-13-23-57/h7-49H,1-6H3. The maximum absolute atomic E-state index is 2.44. The van der Waals surface area contributed by atoms with Gasteiger partial charge >= 0.3 is 0 Å². The second kappa shape index (κ2) is 19.9. The van der Waals surface area contributed by atoms with Crippen molar-refractivity contribution >= 4 is 51.2 Å². The van der Waals surface area contributed by atoms with Crippen molar-refractivity contribution in [1.82, 2.24) is 0 Å². The summed E-state index contributed by atoms with van der Waals surface area (Å²) in [5.41, 5.74) is 26.6. The van der Waals surface area contributed by atoms with Gasteiger partial charge < -0.3 is 14.7 Å². The lowest BCUT2D eigenvalue weighted by Gasteiger charge is -2.46. The zero-order chi connectivity index (χ0) is 51.9. The Bertz CT molecular complexity index is 3560. The van der Waals surface area contributed by atoms with Crippen molar-refractivity contribution in [2.75, 3.05) is 14.7 Å². The first-order valence-electron chi connectivity index (χ1n) is 26.5. The van der Waals surface area contributed by atoms with Gasteiger partial charge in [-0.05, 0) is 181 Å². The van der Waals surface area contributed by atoms with E-state index in [1.807, 2.05) is 0 Å². The van der Waals surface area contributed by atoms with Crippen LogP contribution >= 0.6 is 0 Å². The zero-order valence-corrected chi connectivity index (χ0v) is 44.2. The van der Waals surface area contributed by atoms with Crippen LogP contribution in [-0.4, -0.2) is 0 Å². The maximum atomic E-state index is 2.44. The lowest BCUT2D eigenvalue weighted by Crippen LogP contribution is -2.37. The van der Waals surface area contributed by atoms with E-state index in [4.69, 9.17) is 0 Å². The van der Waals surface area contributed by atoms with Crippen LogP contribution in [0.3, 0.4) is 0 Å². The summed E-state index contributed by atoms with van der Waals surface area (Å²) in [6, 6.07) is 96.3. The molecule has 0 fully saturated rings. The first-order chi connectivity index (χ1) is 37.2. The minimum absolute atomic E-state index is 0.717. The lowest BCUT2D eigenvalue weighted by molar-refractivity contribution is 0.731. The molecule has 1 aliphatic rings. The van der Waals surface area contributed by atoms with E-state index >= 15 is 0 Å². The van der Waals surface area contributed by atoms with Crippen LogP contribution in [0.2, 0.25) is 0 Å². The molecule has 0 aliphatic carbocycles. The molecule has 3 nitrogen and oxygen atoms in total. The van der Waals surface area contributed by atoms with E-state index in [1.165, 1.54) is 89.3 Å². The summed E-state index contributed by atoms with van der Waals surface area (Å²) in [6.45, 7) is 13.3. The Labute approximate surface area is 449 Å². The number of para-hydroxylation sites is 3. The molecule has 3 heteroatoms. The summed E-state index contributed by atoms with van der Waals surface area (Å²) in [7, 11) is 0. The van der Waals surface area contributed by atoms with E-state index in [0.29, 0.717) is 0 Å². The molecule has 0 amide bonds. The first-order valence-corrected chi connectivity index (χ1v) is 26.5. The Morgan fingerprint density at radius 3 is 0.934 bits per heavy atom. The molecule has 0 spiro atoms. The Morgan fingerprint density at radius 2 is 0.579 bits per heavy atom. The van der Waals surface area contributed by atoms with Crippen LogP contribution in [0.5, 0.6) is 0 Å². The largest absolute Gasteiger partial charge is 0.310 e. The smallest absolute Gasteiger partial charge is 0.0742 e. The number of benzene rings is 11. The summed E-state index contributed by atoms with van der Waals surface area (Å²) in [5.74, 6) is 0. The van der Waals surface area contributed by atoms with Crippen LogP contribution in [0.25, 0.3) is 22.3 Å². The van der Waals surface area contributed by atoms with Gasteiger partial charge in [0.05, 0.1) is 28.2 Å². The predicted octanol–water partition coefficient (Wildman–Crippen LogP) is 20.0. The molecule has 76 heavy (non-hydrogen) atoms. The summed E-state index contributed by atoms with van der Waals surface area (Å²) >= 11 is 0. The summed E-state index contributed by atoms with van der Waals surface area (Å²) < 4.78 is 0.